The number of carbonyl (C=O) groups excluding carboxylic acids is 1. The molecule has 0 saturated heterocycles. The topological polar surface area (TPSA) is 69.6 Å². The average molecular weight is 638 g/mol. The maximum absolute atomic E-state index is 12.4. The molecule has 2 atom stereocenters. The monoisotopic (exact) mass is 638 g/mol. The molecule has 45 heavy (non-hydrogen) atoms. The molecule has 0 saturated carbocycles. The van der Waals surface area contributed by atoms with E-state index in [1.807, 2.05) is 0 Å². The molecule has 0 aromatic heterocycles. The van der Waals surface area contributed by atoms with E-state index in [0.29, 0.717) is 12.8 Å². The first-order valence-electron chi connectivity index (χ1n) is 20.7. The highest BCUT2D eigenvalue weighted by molar-refractivity contribution is 5.76. The molecule has 0 aliphatic heterocycles. The molecular formula is C41H83NO3. The minimum absolute atomic E-state index is 0.0272. The lowest BCUT2D eigenvalue weighted by atomic mass is 10.0. The SMILES string of the molecule is CCCCCCCCCCCCCCCCCCCCCCCC(=O)N[C@@H](CO)[C@H](O)CCCCCCCCCCCCCC. The van der Waals surface area contributed by atoms with E-state index in [2.05, 4.69) is 19.2 Å². The summed E-state index contributed by atoms with van der Waals surface area (Å²) in [5.74, 6) is -0.0272. The van der Waals surface area contributed by atoms with E-state index in [1.54, 1.807) is 0 Å². The lowest BCUT2D eigenvalue weighted by molar-refractivity contribution is -0.123. The maximum atomic E-state index is 12.4. The van der Waals surface area contributed by atoms with Gasteiger partial charge in [0.05, 0.1) is 18.8 Å². The van der Waals surface area contributed by atoms with Crippen LogP contribution in [0.4, 0.5) is 0 Å². The second-order valence-corrected chi connectivity index (χ2v) is 14.4. The predicted octanol–water partition coefficient (Wildman–Crippen LogP) is 12.5. The Morgan fingerprint density at radius 3 is 1.00 bits per heavy atom. The number of amides is 1. The van der Waals surface area contributed by atoms with Crippen LogP contribution in [0, 0.1) is 0 Å². The summed E-state index contributed by atoms with van der Waals surface area (Å²) in [4.78, 5) is 12.4. The van der Waals surface area contributed by atoms with Gasteiger partial charge in [-0.25, -0.2) is 0 Å². The minimum Gasteiger partial charge on any atom is -0.394 e. The van der Waals surface area contributed by atoms with Gasteiger partial charge in [0.15, 0.2) is 0 Å². The zero-order valence-electron chi connectivity index (χ0n) is 30.9. The van der Waals surface area contributed by atoms with E-state index < -0.39 is 12.1 Å². The molecule has 1 amide bonds. The molecule has 0 bridgehead atoms. The predicted molar refractivity (Wildman–Crippen MR) is 198 cm³/mol. The average Bonchev–Trinajstić information content (AvgIpc) is 3.04. The second kappa shape index (κ2) is 37.8. The summed E-state index contributed by atoms with van der Waals surface area (Å²) in [7, 11) is 0. The number of aliphatic hydroxyl groups excluding tert-OH is 2. The van der Waals surface area contributed by atoms with Crippen LogP contribution in [0.3, 0.4) is 0 Å². The van der Waals surface area contributed by atoms with Crippen LogP contribution >= 0.6 is 0 Å². The fraction of sp³-hybridized carbons (Fsp3) is 0.976. The van der Waals surface area contributed by atoms with Crippen molar-refractivity contribution in [3.8, 4) is 0 Å². The standard InChI is InChI=1S/C41H83NO3/c1-3-5-7-9-11-13-15-17-18-19-20-21-22-23-24-25-27-29-31-33-35-37-41(45)42-39(38-43)40(44)36-34-32-30-28-26-16-14-12-10-8-6-4-2/h39-40,43-44H,3-38H2,1-2H3,(H,42,45)/t39-,40+/m0/s1. The summed E-state index contributed by atoms with van der Waals surface area (Å²) in [6.07, 6.45) is 44.6. The fourth-order valence-corrected chi connectivity index (χ4v) is 6.66. The van der Waals surface area contributed by atoms with Gasteiger partial charge in [0, 0.05) is 6.42 Å². The van der Waals surface area contributed by atoms with Crippen molar-refractivity contribution in [1.82, 2.24) is 5.32 Å². The third kappa shape index (κ3) is 34.5. The van der Waals surface area contributed by atoms with E-state index in [9.17, 15) is 15.0 Å². The number of carbonyl (C=O) groups is 1. The molecule has 4 nitrogen and oxygen atoms in total. The molecule has 270 valence electrons. The van der Waals surface area contributed by atoms with Crippen LogP contribution in [-0.4, -0.2) is 34.9 Å². The zero-order valence-corrected chi connectivity index (χ0v) is 30.9. The summed E-state index contributed by atoms with van der Waals surface area (Å²) in [5.41, 5.74) is 0. The van der Waals surface area contributed by atoms with E-state index in [4.69, 9.17) is 0 Å². The van der Waals surface area contributed by atoms with Gasteiger partial charge in [-0.05, 0) is 12.8 Å². The van der Waals surface area contributed by atoms with Crippen molar-refractivity contribution in [2.75, 3.05) is 6.61 Å². The number of hydrogen-bond donors (Lipinski definition) is 3. The first kappa shape index (κ1) is 44.4. The Labute approximate surface area is 283 Å². The number of unbranched alkanes of at least 4 members (excludes halogenated alkanes) is 31. The van der Waals surface area contributed by atoms with Gasteiger partial charge in [-0.15, -0.1) is 0 Å². The van der Waals surface area contributed by atoms with Crippen LogP contribution in [0.5, 0.6) is 0 Å². The molecular weight excluding hydrogens is 554 g/mol. The van der Waals surface area contributed by atoms with Gasteiger partial charge < -0.3 is 15.5 Å². The third-order valence-electron chi connectivity index (χ3n) is 9.87. The van der Waals surface area contributed by atoms with Gasteiger partial charge in [-0.3, -0.25) is 4.79 Å². The van der Waals surface area contributed by atoms with Crippen molar-refractivity contribution < 1.29 is 15.0 Å². The number of hydrogen-bond acceptors (Lipinski definition) is 3. The van der Waals surface area contributed by atoms with Crippen LogP contribution in [0.2, 0.25) is 0 Å². The third-order valence-corrected chi connectivity index (χ3v) is 9.87. The largest absolute Gasteiger partial charge is 0.394 e. The van der Waals surface area contributed by atoms with Crippen LogP contribution in [0.25, 0.3) is 0 Å². The van der Waals surface area contributed by atoms with Crippen molar-refractivity contribution in [2.45, 2.75) is 251 Å². The first-order chi connectivity index (χ1) is 22.2. The van der Waals surface area contributed by atoms with E-state index in [1.165, 1.54) is 186 Å². The van der Waals surface area contributed by atoms with E-state index >= 15 is 0 Å². The Balaban J connectivity index is 3.45. The fourth-order valence-electron chi connectivity index (χ4n) is 6.66. The minimum atomic E-state index is -0.651. The molecule has 0 aromatic carbocycles. The molecule has 0 unspecified atom stereocenters. The summed E-state index contributed by atoms with van der Waals surface area (Å²) in [6.45, 7) is 4.37. The quantitative estimate of drug-likeness (QED) is 0.0590. The summed E-state index contributed by atoms with van der Waals surface area (Å²) in [6, 6.07) is -0.528. The summed E-state index contributed by atoms with van der Waals surface area (Å²) >= 11 is 0. The van der Waals surface area contributed by atoms with Crippen LogP contribution < -0.4 is 5.32 Å². The zero-order chi connectivity index (χ0) is 32.9. The molecule has 0 rings (SSSR count). The van der Waals surface area contributed by atoms with Gasteiger partial charge in [0.2, 0.25) is 5.91 Å². The number of nitrogens with one attached hydrogen (secondary N) is 1. The Morgan fingerprint density at radius 2 is 0.711 bits per heavy atom. The van der Waals surface area contributed by atoms with Gasteiger partial charge >= 0.3 is 0 Å². The number of rotatable bonds is 38. The van der Waals surface area contributed by atoms with E-state index in [0.717, 1.165) is 25.7 Å². The lowest BCUT2D eigenvalue weighted by Gasteiger charge is -2.22. The van der Waals surface area contributed by atoms with Crippen LogP contribution in [0.1, 0.15) is 239 Å². The highest BCUT2D eigenvalue weighted by atomic mass is 16.3. The first-order valence-corrected chi connectivity index (χ1v) is 20.7. The maximum Gasteiger partial charge on any atom is 0.220 e. The molecule has 0 aliphatic rings. The lowest BCUT2D eigenvalue weighted by Crippen LogP contribution is -2.45. The molecule has 0 aliphatic carbocycles. The highest BCUT2D eigenvalue weighted by Gasteiger charge is 2.20. The molecule has 0 fully saturated rings. The Kier molecular flexibility index (Phi) is 37.3. The Bertz CT molecular complexity index is 569. The van der Waals surface area contributed by atoms with Crippen molar-refractivity contribution in [3.05, 3.63) is 0 Å². The van der Waals surface area contributed by atoms with Crippen molar-refractivity contribution in [3.63, 3.8) is 0 Å². The molecule has 0 spiro atoms. The molecule has 0 radical (unpaired) electrons. The molecule has 3 N–H and O–H groups in total. The second-order valence-electron chi connectivity index (χ2n) is 14.4. The Hall–Kier alpha value is -0.610. The summed E-state index contributed by atoms with van der Waals surface area (Å²) < 4.78 is 0. The van der Waals surface area contributed by atoms with Gasteiger partial charge in [0.1, 0.15) is 0 Å². The van der Waals surface area contributed by atoms with Gasteiger partial charge in [-0.1, -0.05) is 219 Å². The molecule has 4 heteroatoms. The van der Waals surface area contributed by atoms with Crippen LogP contribution in [-0.2, 0) is 4.79 Å². The highest BCUT2D eigenvalue weighted by Crippen LogP contribution is 2.16. The molecule has 0 aromatic rings. The smallest absolute Gasteiger partial charge is 0.220 e. The van der Waals surface area contributed by atoms with Crippen LogP contribution in [0.15, 0.2) is 0 Å². The Morgan fingerprint density at radius 1 is 0.444 bits per heavy atom. The van der Waals surface area contributed by atoms with Crippen molar-refractivity contribution in [2.24, 2.45) is 0 Å². The normalized spacial score (nSPS) is 12.9. The van der Waals surface area contributed by atoms with Gasteiger partial charge in [0.25, 0.3) is 0 Å². The molecule has 0 heterocycles. The van der Waals surface area contributed by atoms with E-state index in [-0.39, 0.29) is 12.5 Å². The number of aliphatic hydroxyl groups is 2. The van der Waals surface area contributed by atoms with Gasteiger partial charge in [-0.2, -0.15) is 0 Å². The summed E-state index contributed by atoms with van der Waals surface area (Å²) in [5, 5.41) is 23.1. The van der Waals surface area contributed by atoms with Crippen molar-refractivity contribution >= 4 is 5.91 Å². The van der Waals surface area contributed by atoms with Crippen molar-refractivity contribution in [1.29, 1.82) is 0 Å².